The number of para-hydroxylation sites is 1. The van der Waals surface area contributed by atoms with Crippen LogP contribution in [0.5, 0.6) is 11.5 Å². The highest BCUT2D eigenvalue weighted by atomic mass is 35.5. The van der Waals surface area contributed by atoms with E-state index in [9.17, 15) is 23.2 Å². The van der Waals surface area contributed by atoms with Gasteiger partial charge in [-0.15, -0.1) is 0 Å². The molecular formula is C27H24ClF3N2O3. The summed E-state index contributed by atoms with van der Waals surface area (Å²) in [6.07, 6.45) is -4.51. The highest BCUT2D eigenvalue weighted by Gasteiger charge is 2.31. The number of halogens is 4. The summed E-state index contributed by atoms with van der Waals surface area (Å²) in [6.45, 7) is 3.61. The number of nitrogens with one attached hydrogen (secondary N) is 1. The van der Waals surface area contributed by atoms with Crippen LogP contribution in [0.15, 0.2) is 72.8 Å². The Balaban J connectivity index is 1.63. The Morgan fingerprint density at radius 3 is 2.22 bits per heavy atom. The van der Waals surface area contributed by atoms with Crippen molar-refractivity contribution in [2.75, 3.05) is 11.9 Å². The van der Waals surface area contributed by atoms with E-state index < -0.39 is 29.7 Å². The van der Waals surface area contributed by atoms with Crippen LogP contribution in [0.1, 0.15) is 30.9 Å². The van der Waals surface area contributed by atoms with Crippen molar-refractivity contribution in [2.45, 2.75) is 32.0 Å². The number of nitrogens with zero attached hydrogens (tertiary/aromatic N) is 1. The lowest BCUT2D eigenvalue weighted by atomic mass is 10.0. The lowest BCUT2D eigenvalue weighted by molar-refractivity contribution is -0.144. The summed E-state index contributed by atoms with van der Waals surface area (Å²) in [5.74, 6) is -0.751. The number of alkyl halides is 3. The summed E-state index contributed by atoms with van der Waals surface area (Å²) < 4.78 is 49.8. The number of nitriles is 1. The summed E-state index contributed by atoms with van der Waals surface area (Å²) in [4.78, 5) is 12.7. The number of hydrogen-bond acceptors (Lipinski definition) is 5. The molecule has 3 rings (SSSR count). The lowest BCUT2D eigenvalue weighted by Gasteiger charge is -2.24. The molecule has 0 amide bonds. The van der Waals surface area contributed by atoms with Gasteiger partial charge in [0.2, 0.25) is 0 Å². The van der Waals surface area contributed by atoms with Gasteiger partial charge in [0, 0.05) is 0 Å². The van der Waals surface area contributed by atoms with E-state index >= 15 is 0 Å². The maximum Gasteiger partial charge on any atom is 0.416 e. The number of carbonyl (C=O) groups excluding carboxylic acids is 1. The minimum Gasteiger partial charge on any atom is -0.462 e. The molecule has 1 N–H and O–H groups in total. The van der Waals surface area contributed by atoms with Crippen molar-refractivity contribution in [2.24, 2.45) is 5.92 Å². The maximum absolute atomic E-state index is 12.9. The van der Waals surface area contributed by atoms with Crippen molar-refractivity contribution in [3.63, 3.8) is 0 Å². The van der Waals surface area contributed by atoms with Gasteiger partial charge in [-0.1, -0.05) is 55.8 Å². The molecule has 36 heavy (non-hydrogen) atoms. The molecule has 0 spiro atoms. The topological polar surface area (TPSA) is 71.4 Å². The Kier molecular flexibility index (Phi) is 8.83. The molecule has 188 valence electrons. The standard InChI is InChI=1S/C27H24ClF3N2O3/c1-17(2)25(33-24-13-10-19(14-23(24)28)27(29,30)31)16-35-26(34)22(15-32)18-8-11-21(12-9-18)36-20-6-4-3-5-7-20/h3-14,17,22,25,33H,16H2,1-2H3/t22-,25+/m1/s1. The van der Waals surface area contributed by atoms with E-state index in [1.54, 1.807) is 36.4 Å². The van der Waals surface area contributed by atoms with Crippen LogP contribution in [-0.2, 0) is 15.7 Å². The Bertz CT molecular complexity index is 1210. The molecule has 0 aromatic heterocycles. The highest BCUT2D eigenvalue weighted by Crippen LogP contribution is 2.34. The Morgan fingerprint density at radius 1 is 1.03 bits per heavy atom. The monoisotopic (exact) mass is 516 g/mol. The van der Waals surface area contributed by atoms with Gasteiger partial charge in [-0.3, -0.25) is 4.79 Å². The van der Waals surface area contributed by atoms with Gasteiger partial charge in [-0.25, -0.2) is 0 Å². The molecule has 0 bridgehead atoms. The molecule has 2 atom stereocenters. The van der Waals surface area contributed by atoms with Gasteiger partial charge in [0.15, 0.2) is 5.92 Å². The first-order chi connectivity index (χ1) is 17.1. The molecule has 5 nitrogen and oxygen atoms in total. The number of esters is 1. The van der Waals surface area contributed by atoms with E-state index in [1.165, 1.54) is 6.07 Å². The molecule has 0 fully saturated rings. The third kappa shape index (κ3) is 7.15. The average molecular weight is 517 g/mol. The molecule has 0 radical (unpaired) electrons. The first kappa shape index (κ1) is 26.9. The summed E-state index contributed by atoms with van der Waals surface area (Å²) in [6, 6.07) is 20.2. The van der Waals surface area contributed by atoms with E-state index in [0.29, 0.717) is 17.1 Å². The second-order valence-corrected chi connectivity index (χ2v) is 8.77. The molecular weight excluding hydrogens is 493 g/mol. The van der Waals surface area contributed by atoms with Gasteiger partial charge >= 0.3 is 12.1 Å². The number of hydrogen-bond donors (Lipinski definition) is 1. The van der Waals surface area contributed by atoms with E-state index in [0.717, 1.165) is 12.1 Å². The summed E-state index contributed by atoms with van der Waals surface area (Å²) >= 11 is 6.04. The van der Waals surface area contributed by atoms with Crippen molar-refractivity contribution in [3.8, 4) is 17.6 Å². The van der Waals surface area contributed by atoms with Crippen molar-refractivity contribution in [3.05, 3.63) is 88.9 Å². The number of carbonyl (C=O) groups is 1. The molecule has 3 aromatic rings. The minimum absolute atomic E-state index is 0.0638. The van der Waals surface area contributed by atoms with Crippen molar-refractivity contribution in [1.82, 2.24) is 0 Å². The molecule has 0 aliphatic rings. The fraction of sp³-hybridized carbons (Fsp3) is 0.259. The van der Waals surface area contributed by atoms with Crippen LogP contribution in [0.25, 0.3) is 0 Å². The van der Waals surface area contributed by atoms with Gasteiger partial charge in [0.05, 0.1) is 28.4 Å². The van der Waals surface area contributed by atoms with Crippen molar-refractivity contribution < 1.29 is 27.4 Å². The average Bonchev–Trinajstić information content (AvgIpc) is 2.84. The SMILES string of the molecule is CC(C)[C@H](COC(=O)[C@H](C#N)c1ccc(Oc2ccccc2)cc1)Nc1ccc(C(F)(F)F)cc1Cl. The Morgan fingerprint density at radius 2 is 1.67 bits per heavy atom. The second-order valence-electron chi connectivity index (χ2n) is 8.36. The van der Waals surface area contributed by atoms with Crippen molar-refractivity contribution in [1.29, 1.82) is 5.26 Å². The summed E-state index contributed by atoms with van der Waals surface area (Å²) in [5, 5.41) is 12.5. The van der Waals surface area contributed by atoms with E-state index in [1.807, 2.05) is 38.1 Å². The van der Waals surface area contributed by atoms with Crippen LogP contribution in [0, 0.1) is 17.2 Å². The van der Waals surface area contributed by atoms with Crippen molar-refractivity contribution >= 4 is 23.3 Å². The fourth-order valence-electron chi connectivity index (χ4n) is 3.28. The quantitative estimate of drug-likeness (QED) is 0.299. The first-order valence-corrected chi connectivity index (χ1v) is 11.5. The number of benzene rings is 3. The number of anilines is 1. The molecule has 0 aliphatic carbocycles. The molecule has 0 aliphatic heterocycles. The lowest BCUT2D eigenvalue weighted by Crippen LogP contribution is -2.33. The van der Waals surface area contributed by atoms with Gasteiger partial charge in [0.25, 0.3) is 0 Å². The summed E-state index contributed by atoms with van der Waals surface area (Å²) in [5.41, 5.74) is -0.129. The first-order valence-electron chi connectivity index (χ1n) is 11.1. The van der Waals surface area contributed by atoms with Crippen LogP contribution >= 0.6 is 11.6 Å². The molecule has 3 aromatic carbocycles. The Hall–Kier alpha value is -3.70. The largest absolute Gasteiger partial charge is 0.462 e. The normalized spacial score (nSPS) is 12.9. The van der Waals surface area contributed by atoms with E-state index in [2.05, 4.69) is 5.32 Å². The van der Waals surface area contributed by atoms with Gasteiger partial charge in [0.1, 0.15) is 18.1 Å². The fourth-order valence-corrected chi connectivity index (χ4v) is 3.52. The molecule has 0 saturated heterocycles. The zero-order chi connectivity index (χ0) is 26.3. The number of ether oxygens (including phenoxy) is 2. The van der Waals surface area contributed by atoms with Crippen LogP contribution in [0.3, 0.4) is 0 Å². The predicted molar refractivity (Wildman–Crippen MR) is 131 cm³/mol. The smallest absolute Gasteiger partial charge is 0.416 e. The van der Waals surface area contributed by atoms with Crippen LogP contribution in [-0.4, -0.2) is 18.6 Å². The van der Waals surface area contributed by atoms with Crippen LogP contribution < -0.4 is 10.1 Å². The van der Waals surface area contributed by atoms with E-state index in [-0.39, 0.29) is 23.2 Å². The van der Waals surface area contributed by atoms with Crippen LogP contribution in [0.2, 0.25) is 5.02 Å². The Labute approximate surface area is 212 Å². The van der Waals surface area contributed by atoms with Crippen LogP contribution in [0.4, 0.5) is 18.9 Å². The molecule has 9 heteroatoms. The highest BCUT2D eigenvalue weighted by molar-refractivity contribution is 6.33. The number of rotatable bonds is 9. The second kappa shape index (κ2) is 11.8. The predicted octanol–water partition coefficient (Wildman–Crippen LogP) is 7.44. The van der Waals surface area contributed by atoms with Gasteiger partial charge in [-0.05, 0) is 53.9 Å². The maximum atomic E-state index is 12.9. The van der Waals surface area contributed by atoms with Gasteiger partial charge < -0.3 is 14.8 Å². The minimum atomic E-state index is -4.51. The molecule has 0 heterocycles. The zero-order valence-corrected chi connectivity index (χ0v) is 20.3. The molecule has 0 saturated carbocycles. The third-order valence-corrected chi connectivity index (χ3v) is 5.72. The zero-order valence-electron chi connectivity index (χ0n) is 19.6. The molecule has 0 unspecified atom stereocenters. The third-order valence-electron chi connectivity index (χ3n) is 5.40. The van der Waals surface area contributed by atoms with E-state index in [4.69, 9.17) is 21.1 Å². The van der Waals surface area contributed by atoms with Gasteiger partial charge in [-0.2, -0.15) is 18.4 Å². The summed E-state index contributed by atoms with van der Waals surface area (Å²) in [7, 11) is 0.